The van der Waals surface area contributed by atoms with E-state index in [9.17, 15) is 13.2 Å². The van der Waals surface area contributed by atoms with Crippen molar-refractivity contribution in [3.63, 3.8) is 0 Å². The third-order valence-corrected chi connectivity index (χ3v) is 0.808. The first kappa shape index (κ1) is 13.0. The van der Waals surface area contributed by atoms with Crippen molar-refractivity contribution in [1.82, 2.24) is 5.32 Å². The van der Waals surface area contributed by atoms with Crippen LogP contribution in [0.3, 0.4) is 0 Å². The SMILES string of the molecule is CC.CN/C=C(\C)C(F)(F)F. The molecule has 0 fully saturated rings. The minimum absolute atomic E-state index is 0.620. The third kappa shape index (κ3) is 7.22. The molecule has 11 heavy (non-hydrogen) atoms. The molecule has 1 nitrogen and oxygen atoms in total. The second-order valence-corrected chi connectivity index (χ2v) is 1.61. The number of allylic oxidation sites excluding steroid dienone is 1. The average molecular weight is 169 g/mol. The summed E-state index contributed by atoms with van der Waals surface area (Å²) in [7, 11) is 1.43. The first-order valence-electron chi connectivity index (χ1n) is 3.39. The third-order valence-electron chi connectivity index (χ3n) is 0.808. The molecule has 0 aliphatic rings. The molecule has 4 heteroatoms. The lowest BCUT2D eigenvalue weighted by molar-refractivity contribution is -0.0916. The van der Waals surface area contributed by atoms with Gasteiger partial charge >= 0.3 is 6.18 Å². The Hall–Kier alpha value is -0.670. The smallest absolute Gasteiger partial charge is 0.394 e. The number of alkyl halides is 3. The van der Waals surface area contributed by atoms with E-state index in [0.29, 0.717) is 0 Å². The van der Waals surface area contributed by atoms with Gasteiger partial charge in [-0.2, -0.15) is 13.2 Å². The lowest BCUT2D eigenvalue weighted by Gasteiger charge is -2.04. The van der Waals surface area contributed by atoms with Crippen molar-refractivity contribution in [2.75, 3.05) is 7.05 Å². The maximum atomic E-state index is 11.5. The summed E-state index contributed by atoms with van der Waals surface area (Å²) in [5, 5.41) is 2.29. The molecular weight excluding hydrogens is 155 g/mol. The first-order chi connectivity index (χ1) is 4.98. The molecule has 0 rings (SSSR count). The van der Waals surface area contributed by atoms with Crippen molar-refractivity contribution in [3.05, 3.63) is 11.8 Å². The van der Waals surface area contributed by atoms with Gasteiger partial charge in [-0.15, -0.1) is 0 Å². The minimum Gasteiger partial charge on any atom is -0.394 e. The molecule has 0 saturated heterocycles. The largest absolute Gasteiger partial charge is 0.413 e. The van der Waals surface area contributed by atoms with Gasteiger partial charge in [0.1, 0.15) is 0 Å². The Labute approximate surface area is 65.3 Å². The summed E-state index contributed by atoms with van der Waals surface area (Å²) < 4.78 is 34.6. The molecule has 0 spiro atoms. The van der Waals surface area contributed by atoms with E-state index in [4.69, 9.17) is 0 Å². The Bertz CT molecular complexity index is 115. The summed E-state index contributed by atoms with van der Waals surface area (Å²) >= 11 is 0. The van der Waals surface area contributed by atoms with Gasteiger partial charge in [-0.3, -0.25) is 0 Å². The van der Waals surface area contributed by atoms with Crippen LogP contribution in [-0.2, 0) is 0 Å². The van der Waals surface area contributed by atoms with Crippen LogP contribution < -0.4 is 5.32 Å². The molecule has 0 heterocycles. The summed E-state index contributed by atoms with van der Waals surface area (Å²) in [6.45, 7) is 5.01. The maximum Gasteiger partial charge on any atom is 0.413 e. The molecule has 0 atom stereocenters. The molecule has 0 aromatic carbocycles. The highest BCUT2D eigenvalue weighted by atomic mass is 19.4. The van der Waals surface area contributed by atoms with Crippen LogP contribution in [0.1, 0.15) is 20.8 Å². The highest BCUT2D eigenvalue weighted by Gasteiger charge is 2.29. The van der Waals surface area contributed by atoms with Gasteiger partial charge in [0.25, 0.3) is 0 Å². The van der Waals surface area contributed by atoms with Crippen molar-refractivity contribution in [1.29, 1.82) is 0 Å². The second kappa shape index (κ2) is 6.07. The monoisotopic (exact) mass is 169 g/mol. The molecule has 1 N–H and O–H groups in total. The van der Waals surface area contributed by atoms with Crippen LogP contribution in [0, 0.1) is 0 Å². The lowest BCUT2D eigenvalue weighted by atomic mass is 10.3. The molecule has 0 aromatic rings. The first-order valence-corrected chi connectivity index (χ1v) is 3.39. The van der Waals surface area contributed by atoms with Crippen molar-refractivity contribution in [3.8, 4) is 0 Å². The predicted octanol–water partition coefficient (Wildman–Crippen LogP) is 2.70. The number of hydrogen-bond donors (Lipinski definition) is 1. The van der Waals surface area contributed by atoms with Crippen LogP contribution >= 0.6 is 0 Å². The summed E-state index contributed by atoms with van der Waals surface area (Å²) in [4.78, 5) is 0. The van der Waals surface area contributed by atoms with Gasteiger partial charge in [0.05, 0.1) is 0 Å². The molecule has 0 aliphatic carbocycles. The molecule has 0 amide bonds. The minimum atomic E-state index is -4.19. The van der Waals surface area contributed by atoms with E-state index in [0.717, 1.165) is 13.1 Å². The highest BCUT2D eigenvalue weighted by Crippen LogP contribution is 2.23. The summed E-state index contributed by atoms with van der Waals surface area (Å²) in [5.74, 6) is 0. The van der Waals surface area contributed by atoms with Crippen LogP contribution in [-0.4, -0.2) is 13.2 Å². The van der Waals surface area contributed by atoms with Gasteiger partial charge in [0.15, 0.2) is 0 Å². The van der Waals surface area contributed by atoms with Crippen LogP contribution in [0.5, 0.6) is 0 Å². The second-order valence-electron chi connectivity index (χ2n) is 1.61. The van der Waals surface area contributed by atoms with Crippen LogP contribution in [0.15, 0.2) is 11.8 Å². The summed E-state index contributed by atoms with van der Waals surface area (Å²) in [6.07, 6.45) is -3.27. The van der Waals surface area contributed by atoms with Gasteiger partial charge in [0.2, 0.25) is 0 Å². The standard InChI is InChI=1S/C5H8F3N.C2H6/c1-4(3-9-2)5(6,7)8;1-2/h3,9H,1-2H3;1-2H3/b4-3+;. The molecular formula is C7H14F3N. The van der Waals surface area contributed by atoms with Crippen molar-refractivity contribution in [2.24, 2.45) is 0 Å². The Morgan fingerprint density at radius 2 is 1.64 bits per heavy atom. The Morgan fingerprint density at radius 1 is 1.27 bits per heavy atom. The molecule has 0 bridgehead atoms. The Balaban J connectivity index is 0. The van der Waals surface area contributed by atoms with Crippen molar-refractivity contribution < 1.29 is 13.2 Å². The Kier molecular flexibility index (Phi) is 7.15. The fourth-order valence-electron chi connectivity index (χ4n) is 0.298. The van der Waals surface area contributed by atoms with Gasteiger partial charge in [-0.05, 0) is 6.92 Å². The number of halogens is 3. The summed E-state index contributed by atoms with van der Waals surface area (Å²) in [5.41, 5.74) is -0.620. The zero-order chi connectivity index (χ0) is 9.49. The molecule has 0 saturated carbocycles. The lowest BCUT2D eigenvalue weighted by Crippen LogP contribution is -2.11. The van der Waals surface area contributed by atoms with Gasteiger partial charge in [0, 0.05) is 18.8 Å². The molecule has 0 radical (unpaired) electrons. The number of hydrogen-bond acceptors (Lipinski definition) is 1. The molecule has 68 valence electrons. The topological polar surface area (TPSA) is 12.0 Å². The molecule has 0 aromatic heterocycles. The fourth-order valence-corrected chi connectivity index (χ4v) is 0.298. The van der Waals surface area contributed by atoms with E-state index in [1.54, 1.807) is 0 Å². The molecule has 0 aliphatic heterocycles. The highest BCUT2D eigenvalue weighted by molar-refractivity contribution is 5.03. The van der Waals surface area contributed by atoms with Crippen molar-refractivity contribution >= 4 is 0 Å². The van der Waals surface area contributed by atoms with E-state index in [2.05, 4.69) is 5.32 Å². The van der Waals surface area contributed by atoms with E-state index in [1.165, 1.54) is 7.05 Å². The van der Waals surface area contributed by atoms with Crippen LogP contribution in [0.2, 0.25) is 0 Å². The predicted molar refractivity (Wildman–Crippen MR) is 40.2 cm³/mol. The Morgan fingerprint density at radius 3 is 1.73 bits per heavy atom. The fraction of sp³-hybridized carbons (Fsp3) is 0.714. The van der Waals surface area contributed by atoms with Crippen LogP contribution in [0.25, 0.3) is 0 Å². The van der Waals surface area contributed by atoms with E-state index < -0.39 is 11.7 Å². The van der Waals surface area contributed by atoms with Gasteiger partial charge in [-0.25, -0.2) is 0 Å². The molecule has 0 unspecified atom stereocenters. The van der Waals surface area contributed by atoms with E-state index >= 15 is 0 Å². The zero-order valence-electron chi connectivity index (χ0n) is 7.21. The average Bonchev–Trinajstić information content (AvgIpc) is 1.91. The summed E-state index contributed by atoms with van der Waals surface area (Å²) in [6, 6.07) is 0. The van der Waals surface area contributed by atoms with Crippen molar-refractivity contribution in [2.45, 2.75) is 26.9 Å². The maximum absolute atomic E-state index is 11.5. The number of rotatable bonds is 1. The van der Waals surface area contributed by atoms with Crippen LogP contribution in [0.4, 0.5) is 13.2 Å². The normalized spacial score (nSPS) is 11.7. The number of nitrogens with one attached hydrogen (secondary N) is 1. The zero-order valence-corrected chi connectivity index (χ0v) is 7.21. The van der Waals surface area contributed by atoms with E-state index in [1.807, 2.05) is 13.8 Å². The van der Waals surface area contributed by atoms with Gasteiger partial charge < -0.3 is 5.32 Å². The van der Waals surface area contributed by atoms with E-state index in [-0.39, 0.29) is 0 Å². The van der Waals surface area contributed by atoms with Gasteiger partial charge in [-0.1, -0.05) is 13.8 Å². The quantitative estimate of drug-likeness (QED) is 0.636.